The number of hydrogen-bond donors (Lipinski definition) is 0. The van der Waals surface area contributed by atoms with E-state index in [1.165, 1.54) is 93.8 Å². The van der Waals surface area contributed by atoms with Crippen molar-refractivity contribution in [1.82, 2.24) is 4.57 Å². The van der Waals surface area contributed by atoms with E-state index in [2.05, 4.69) is 174 Å². The van der Waals surface area contributed by atoms with Crippen molar-refractivity contribution in [3.05, 3.63) is 170 Å². The maximum absolute atomic E-state index is 7.48. The molecule has 2 aliphatic rings. The number of aromatic nitrogens is 1. The third kappa shape index (κ3) is 4.25. The molecule has 0 spiro atoms. The van der Waals surface area contributed by atoms with Crippen molar-refractivity contribution in [2.24, 2.45) is 0 Å². The summed E-state index contributed by atoms with van der Waals surface area (Å²) in [6, 6.07) is 61.8. The first-order chi connectivity index (χ1) is 30.3. The molecule has 0 N–H and O–H groups in total. The Morgan fingerprint density at radius 3 is 1.92 bits per heavy atom. The van der Waals surface area contributed by atoms with Crippen molar-refractivity contribution >= 4 is 142 Å². The normalized spacial score (nSPS) is 13.3. The van der Waals surface area contributed by atoms with Crippen LogP contribution >= 0.6 is 34.4 Å². The van der Waals surface area contributed by atoms with Crippen LogP contribution in [0, 0.1) is 0 Å². The van der Waals surface area contributed by atoms with E-state index >= 15 is 0 Å². The van der Waals surface area contributed by atoms with Crippen molar-refractivity contribution < 1.29 is 9.15 Å². The molecule has 0 bridgehead atoms. The Bertz CT molecular complexity index is 4070. The molecule has 0 fully saturated rings. The Kier molecular flexibility index (Phi) is 6.47. The molecule has 0 amide bonds. The van der Waals surface area contributed by atoms with Gasteiger partial charge in [-0.15, -0.1) is 22.7 Å². The van der Waals surface area contributed by atoms with E-state index < -0.39 is 0 Å². The second-order valence-corrected chi connectivity index (χ2v) is 19.4. The van der Waals surface area contributed by atoms with Crippen LogP contribution in [0.15, 0.2) is 184 Å². The quantitative estimate of drug-likeness (QED) is 0.162. The second kappa shape index (κ2) is 12.0. The molecular weight excluding hydrogens is 802 g/mol. The van der Waals surface area contributed by atoms with Crippen LogP contribution in [0.1, 0.15) is 0 Å². The molecule has 9 aromatic carbocycles. The van der Waals surface area contributed by atoms with Crippen LogP contribution in [-0.2, 0) is 0 Å². The zero-order chi connectivity index (χ0) is 39.5. The van der Waals surface area contributed by atoms with Crippen molar-refractivity contribution in [3.8, 4) is 28.3 Å². The minimum Gasteiger partial charge on any atom is -0.457 e. The van der Waals surface area contributed by atoms with Gasteiger partial charge in [0.05, 0.1) is 15.7 Å². The fourth-order valence-electron chi connectivity index (χ4n) is 10.7. The predicted octanol–water partition coefficient (Wildman–Crippen LogP) is 14.2. The molecule has 61 heavy (non-hydrogen) atoms. The van der Waals surface area contributed by atoms with Gasteiger partial charge in [-0.2, -0.15) is 0 Å². The van der Waals surface area contributed by atoms with E-state index in [0.29, 0.717) is 0 Å². The fourth-order valence-corrected chi connectivity index (χ4v) is 14.6. The number of fused-ring (bicyclic) bond motifs is 22. The largest absolute Gasteiger partial charge is 0.457 e. The van der Waals surface area contributed by atoms with Crippen molar-refractivity contribution in [2.45, 2.75) is 9.79 Å². The topological polar surface area (TPSA) is 27.3 Å². The van der Waals surface area contributed by atoms with Gasteiger partial charge in [0, 0.05) is 78.1 Å². The van der Waals surface area contributed by atoms with E-state index in [1.807, 2.05) is 34.4 Å². The molecule has 6 heterocycles. The molecule has 0 unspecified atom stereocenters. The fraction of sp³-hybridized carbons (Fsp3) is 0. The molecule has 7 heteroatoms. The maximum Gasteiger partial charge on any atom is 0.260 e. The molecule has 0 saturated heterocycles. The van der Waals surface area contributed by atoms with Gasteiger partial charge >= 0.3 is 0 Å². The highest BCUT2D eigenvalue weighted by Crippen LogP contribution is 2.53. The molecule has 15 rings (SSSR count). The molecule has 0 saturated carbocycles. The van der Waals surface area contributed by atoms with Gasteiger partial charge in [-0.3, -0.25) is 0 Å². The Morgan fingerprint density at radius 1 is 0.492 bits per heavy atom. The standard InChI is InChI=1S/C54H28BNO2S3/c1-3-15-29(16-4-1)30-27-38-46-41(28-30)61-54-48(55(46)47-50-43(33-20-8-12-24-37(33)57-50)45-35-22-10-14-26-40(35)60-53(45)51(47)58-38)52-44(34-21-9-13-25-39(34)59-52)42-32-19-7-11-23-36(32)56(49(42)54)31-17-5-2-6-18-31/h1-28H. The Balaban J connectivity index is 1.20. The summed E-state index contributed by atoms with van der Waals surface area (Å²) in [5.74, 6) is 1.83. The third-order valence-corrected chi connectivity index (χ3v) is 16.6. The molecule has 3 nitrogen and oxygen atoms in total. The number of rotatable bonds is 2. The number of thiophene rings is 2. The first kappa shape index (κ1) is 33.0. The lowest BCUT2D eigenvalue weighted by atomic mass is 9.35. The minimum atomic E-state index is -0.172. The smallest absolute Gasteiger partial charge is 0.260 e. The monoisotopic (exact) mass is 829 g/mol. The van der Waals surface area contributed by atoms with E-state index in [1.54, 1.807) is 0 Å². The van der Waals surface area contributed by atoms with Crippen LogP contribution in [-0.4, -0.2) is 11.3 Å². The summed E-state index contributed by atoms with van der Waals surface area (Å²) in [6.07, 6.45) is 0. The molecule has 13 aromatic rings. The molecule has 0 aliphatic carbocycles. The first-order valence-corrected chi connectivity index (χ1v) is 23.1. The van der Waals surface area contributed by atoms with Gasteiger partial charge in [0.2, 0.25) is 0 Å². The second-order valence-electron chi connectivity index (χ2n) is 16.2. The van der Waals surface area contributed by atoms with Crippen LogP contribution < -0.4 is 21.1 Å². The van der Waals surface area contributed by atoms with Crippen LogP contribution in [0.25, 0.3) is 101 Å². The molecule has 4 aromatic heterocycles. The molecule has 2 aliphatic heterocycles. The number of nitrogens with zero attached hydrogens (tertiary/aromatic N) is 1. The maximum atomic E-state index is 7.48. The lowest BCUT2D eigenvalue weighted by molar-refractivity contribution is 0.492. The first-order valence-electron chi connectivity index (χ1n) is 20.6. The van der Waals surface area contributed by atoms with Gasteiger partial charge in [-0.05, 0) is 70.6 Å². The van der Waals surface area contributed by atoms with Gasteiger partial charge in [-0.25, -0.2) is 0 Å². The van der Waals surface area contributed by atoms with Gasteiger partial charge < -0.3 is 13.7 Å². The summed E-state index contributed by atoms with van der Waals surface area (Å²) in [7, 11) is 0. The zero-order valence-corrected chi connectivity index (χ0v) is 34.7. The van der Waals surface area contributed by atoms with Gasteiger partial charge in [0.15, 0.2) is 0 Å². The Hall–Kier alpha value is -6.77. The number of ether oxygens (including phenoxy) is 1. The van der Waals surface area contributed by atoms with Gasteiger partial charge in [0.25, 0.3) is 6.71 Å². The summed E-state index contributed by atoms with van der Waals surface area (Å²) in [6.45, 7) is -0.172. The highest BCUT2D eigenvalue weighted by molar-refractivity contribution is 8.00. The summed E-state index contributed by atoms with van der Waals surface area (Å²) in [5, 5.41) is 9.93. The minimum absolute atomic E-state index is 0.172. The van der Waals surface area contributed by atoms with Gasteiger partial charge in [-0.1, -0.05) is 133 Å². The Morgan fingerprint density at radius 2 is 1.13 bits per heavy atom. The number of para-hydroxylation sites is 3. The highest BCUT2D eigenvalue weighted by Gasteiger charge is 2.46. The van der Waals surface area contributed by atoms with Crippen LogP contribution in [0.4, 0.5) is 0 Å². The van der Waals surface area contributed by atoms with E-state index in [9.17, 15) is 0 Å². The average molecular weight is 830 g/mol. The summed E-state index contributed by atoms with van der Waals surface area (Å²) in [5.41, 5.74) is 11.4. The van der Waals surface area contributed by atoms with Crippen molar-refractivity contribution in [1.29, 1.82) is 0 Å². The van der Waals surface area contributed by atoms with E-state index in [0.717, 1.165) is 44.8 Å². The lowest BCUT2D eigenvalue weighted by Crippen LogP contribution is -2.58. The molecular formula is C54H28BNO2S3. The summed E-state index contributed by atoms with van der Waals surface area (Å²) in [4.78, 5) is 2.50. The zero-order valence-electron chi connectivity index (χ0n) is 32.2. The lowest BCUT2D eigenvalue weighted by Gasteiger charge is -2.34. The number of furan rings is 1. The molecule has 0 radical (unpaired) electrons. The predicted molar refractivity (Wildman–Crippen MR) is 261 cm³/mol. The molecule has 282 valence electrons. The van der Waals surface area contributed by atoms with Crippen molar-refractivity contribution in [2.75, 3.05) is 0 Å². The highest BCUT2D eigenvalue weighted by atomic mass is 32.2. The van der Waals surface area contributed by atoms with Gasteiger partial charge in [0.1, 0.15) is 22.7 Å². The third-order valence-electron chi connectivity index (χ3n) is 13.1. The van der Waals surface area contributed by atoms with E-state index in [4.69, 9.17) is 9.15 Å². The number of benzene rings is 9. The van der Waals surface area contributed by atoms with Crippen LogP contribution in [0.5, 0.6) is 11.5 Å². The number of hydrogen-bond acceptors (Lipinski definition) is 5. The van der Waals surface area contributed by atoms with Crippen LogP contribution in [0.2, 0.25) is 0 Å². The average Bonchev–Trinajstić information content (AvgIpc) is 4.09. The SMILES string of the molecule is c1ccc(-c2cc3c4c(c2)Sc2c(c5sc6ccccc6c5c5c6ccccc6n(-c6ccccc6)c25)B4c2c(c4sc5ccccc5c4c4c2oc2ccccc24)O3)cc1. The Labute approximate surface area is 361 Å². The van der Waals surface area contributed by atoms with E-state index in [-0.39, 0.29) is 6.71 Å². The summed E-state index contributed by atoms with van der Waals surface area (Å²) >= 11 is 5.67. The molecule has 0 atom stereocenters. The van der Waals surface area contributed by atoms with Crippen LogP contribution in [0.3, 0.4) is 0 Å². The summed E-state index contributed by atoms with van der Waals surface area (Å²) < 4.78 is 22.3. The van der Waals surface area contributed by atoms with Crippen molar-refractivity contribution in [3.63, 3.8) is 0 Å².